The maximum Gasteiger partial charge on any atom is 0.140 e. The zero-order valence-corrected chi connectivity index (χ0v) is 8.27. The van der Waals surface area contributed by atoms with E-state index in [4.69, 9.17) is 0 Å². The molecule has 0 aromatic carbocycles. The van der Waals surface area contributed by atoms with Gasteiger partial charge in [-0.2, -0.15) is 0 Å². The zero-order valence-electron chi connectivity index (χ0n) is 7.38. The number of hydrogen-bond donors (Lipinski definition) is 1. The Morgan fingerprint density at radius 1 is 1.09 bits per heavy atom. The van der Waals surface area contributed by atoms with Gasteiger partial charge in [0.15, 0.2) is 0 Å². The Bertz CT molecular complexity index is 142. The molecule has 0 bridgehead atoms. The van der Waals surface area contributed by atoms with Crippen molar-refractivity contribution in [2.75, 3.05) is 5.75 Å². The first kappa shape index (κ1) is 11.0. The number of rotatable bonds is 6. The van der Waals surface area contributed by atoms with Crippen LogP contribution in [0.25, 0.3) is 0 Å². The van der Waals surface area contributed by atoms with Crippen LogP contribution in [0.5, 0.6) is 0 Å². The molecule has 0 N–H and O–H groups in total. The molecule has 0 heterocycles. The van der Waals surface area contributed by atoms with E-state index in [1.807, 2.05) is 0 Å². The highest BCUT2D eigenvalue weighted by Gasteiger charge is 1.94. The fraction of sp³-hybridized carbons (Fsp3) is 1.00. The van der Waals surface area contributed by atoms with Crippen molar-refractivity contribution in [1.82, 2.24) is 0 Å². The van der Waals surface area contributed by atoms with Crippen molar-refractivity contribution >= 4 is 10.7 Å². The quantitative estimate of drug-likeness (QED) is 0.497. The van der Waals surface area contributed by atoms with Gasteiger partial charge in [-0.05, 0) is 12.3 Å². The molecule has 0 saturated heterocycles. The van der Waals surface area contributed by atoms with Crippen LogP contribution in [0.15, 0.2) is 0 Å². The Morgan fingerprint density at radius 3 is 2.18 bits per heavy atom. The van der Waals surface area contributed by atoms with Gasteiger partial charge < -0.3 is 0 Å². The van der Waals surface area contributed by atoms with Crippen LogP contribution in [0.1, 0.15) is 39.5 Å². The molecule has 0 aliphatic heterocycles. The van der Waals surface area contributed by atoms with Crippen LogP contribution < -0.4 is 0 Å². The molecular formula is C8H18O2S. The van der Waals surface area contributed by atoms with Crippen LogP contribution in [0.3, 0.4) is 0 Å². The fourth-order valence-corrected chi connectivity index (χ4v) is 1.45. The van der Waals surface area contributed by atoms with Crippen molar-refractivity contribution in [3.63, 3.8) is 0 Å². The minimum Gasteiger partial charge on any atom is -0.232 e. The molecule has 0 rings (SSSR count). The van der Waals surface area contributed by atoms with E-state index in [9.17, 15) is 8.42 Å². The van der Waals surface area contributed by atoms with Crippen LogP contribution in [0.4, 0.5) is 0 Å². The van der Waals surface area contributed by atoms with Gasteiger partial charge in [-0.25, -0.2) is 8.42 Å². The normalized spacial score (nSPS) is 11.3. The molecular weight excluding hydrogens is 160 g/mol. The molecule has 0 aliphatic carbocycles. The highest BCUT2D eigenvalue weighted by molar-refractivity contribution is 7.72. The van der Waals surface area contributed by atoms with Crippen molar-refractivity contribution in [2.45, 2.75) is 39.5 Å². The molecule has 0 aromatic rings. The van der Waals surface area contributed by atoms with Crippen molar-refractivity contribution in [3.8, 4) is 0 Å². The Hall–Kier alpha value is -0.0500. The molecule has 3 heteroatoms. The smallest absolute Gasteiger partial charge is 0.140 e. The second-order valence-electron chi connectivity index (χ2n) is 3.30. The Kier molecular flexibility index (Phi) is 6.62. The molecule has 68 valence electrons. The Balaban J connectivity index is 3.03. The van der Waals surface area contributed by atoms with E-state index >= 15 is 0 Å². The van der Waals surface area contributed by atoms with E-state index in [1.54, 1.807) is 0 Å². The first-order valence-corrected chi connectivity index (χ1v) is 5.61. The monoisotopic (exact) mass is 178 g/mol. The van der Waals surface area contributed by atoms with Gasteiger partial charge in [0, 0.05) is 5.75 Å². The molecule has 0 aromatic heterocycles. The molecule has 0 fully saturated rings. The van der Waals surface area contributed by atoms with E-state index in [2.05, 4.69) is 13.8 Å². The van der Waals surface area contributed by atoms with Crippen molar-refractivity contribution in [1.29, 1.82) is 0 Å². The van der Waals surface area contributed by atoms with Gasteiger partial charge in [0.05, 0.1) is 0 Å². The van der Waals surface area contributed by atoms with Crippen molar-refractivity contribution in [2.24, 2.45) is 5.92 Å². The number of hydrogen-bond acceptors (Lipinski definition) is 2. The molecule has 0 radical (unpaired) electrons. The van der Waals surface area contributed by atoms with E-state index in [0.29, 0.717) is 5.75 Å². The van der Waals surface area contributed by atoms with Crippen molar-refractivity contribution < 1.29 is 8.42 Å². The number of unbranched alkanes of at least 4 members (excludes halogenated alkanes) is 2. The van der Waals surface area contributed by atoms with Gasteiger partial charge >= 0.3 is 0 Å². The summed E-state index contributed by atoms with van der Waals surface area (Å²) in [7, 11) is -2.13. The average Bonchev–Trinajstić information content (AvgIpc) is 1.85. The lowest BCUT2D eigenvalue weighted by Gasteiger charge is -2.01. The minimum absolute atomic E-state index is 0.368. The van der Waals surface area contributed by atoms with Gasteiger partial charge in [0.1, 0.15) is 10.7 Å². The third-order valence-corrected chi connectivity index (χ3v) is 2.30. The van der Waals surface area contributed by atoms with Crippen LogP contribution in [0.2, 0.25) is 0 Å². The lowest BCUT2D eigenvalue weighted by molar-refractivity contribution is 0.533. The minimum atomic E-state index is -2.13. The summed E-state index contributed by atoms with van der Waals surface area (Å²) < 4.78 is 20.3. The molecule has 0 saturated carbocycles. The first-order valence-electron chi connectivity index (χ1n) is 4.24. The summed E-state index contributed by atoms with van der Waals surface area (Å²) in [5.74, 6) is 1.11. The maximum absolute atomic E-state index is 10.1. The van der Waals surface area contributed by atoms with E-state index in [0.717, 1.165) is 18.8 Å². The zero-order chi connectivity index (χ0) is 8.69. The summed E-state index contributed by atoms with van der Waals surface area (Å²) in [6, 6.07) is 0. The lowest BCUT2D eigenvalue weighted by atomic mass is 10.1. The summed E-state index contributed by atoms with van der Waals surface area (Å²) >= 11 is 0. The van der Waals surface area contributed by atoms with E-state index < -0.39 is 10.7 Å². The van der Waals surface area contributed by atoms with Crippen LogP contribution in [-0.2, 0) is 10.7 Å². The van der Waals surface area contributed by atoms with Crippen LogP contribution in [0, 0.1) is 5.92 Å². The summed E-state index contributed by atoms with van der Waals surface area (Å²) in [6.07, 6.45) is 4.28. The predicted molar refractivity (Wildman–Crippen MR) is 48.5 cm³/mol. The van der Waals surface area contributed by atoms with Crippen molar-refractivity contribution in [3.05, 3.63) is 0 Å². The first-order chi connectivity index (χ1) is 5.13. The Morgan fingerprint density at radius 2 is 1.73 bits per heavy atom. The van der Waals surface area contributed by atoms with Crippen LogP contribution >= 0.6 is 0 Å². The summed E-state index contributed by atoms with van der Waals surface area (Å²) in [5.41, 5.74) is 0. The molecule has 0 amide bonds. The second kappa shape index (κ2) is 6.65. The SMILES string of the molecule is CC(C)CCCCC[SH](=O)=O. The van der Waals surface area contributed by atoms with Gasteiger partial charge in [-0.15, -0.1) is 0 Å². The maximum atomic E-state index is 10.1. The summed E-state index contributed by atoms with van der Waals surface area (Å²) in [5, 5.41) is 0. The molecule has 11 heavy (non-hydrogen) atoms. The van der Waals surface area contributed by atoms with Gasteiger partial charge in [0.2, 0.25) is 0 Å². The fourth-order valence-electron chi connectivity index (χ4n) is 0.970. The second-order valence-corrected chi connectivity index (χ2v) is 4.41. The van der Waals surface area contributed by atoms with E-state index in [1.165, 1.54) is 12.8 Å². The van der Waals surface area contributed by atoms with E-state index in [-0.39, 0.29) is 0 Å². The molecule has 0 unspecified atom stereocenters. The highest BCUT2D eigenvalue weighted by Crippen LogP contribution is 2.07. The predicted octanol–water partition coefficient (Wildman–Crippen LogP) is 1.81. The Labute approximate surface area is 71.0 Å². The standard InChI is InChI=1S/C8H18O2S/c1-8(2)6-4-3-5-7-11(9)10/h8,11H,3-7H2,1-2H3. The van der Waals surface area contributed by atoms with Gasteiger partial charge in [-0.1, -0.05) is 33.1 Å². The van der Waals surface area contributed by atoms with Crippen LogP contribution in [-0.4, -0.2) is 14.2 Å². The average molecular weight is 178 g/mol. The lowest BCUT2D eigenvalue weighted by Crippen LogP contribution is -1.90. The summed E-state index contributed by atoms with van der Waals surface area (Å²) in [6.45, 7) is 4.38. The molecule has 0 aliphatic rings. The largest absolute Gasteiger partial charge is 0.232 e. The molecule has 0 atom stereocenters. The van der Waals surface area contributed by atoms with Gasteiger partial charge in [-0.3, -0.25) is 0 Å². The topological polar surface area (TPSA) is 34.1 Å². The molecule has 2 nitrogen and oxygen atoms in total. The number of thiol groups is 1. The highest BCUT2D eigenvalue weighted by atomic mass is 32.2. The third-order valence-electron chi connectivity index (χ3n) is 1.62. The van der Waals surface area contributed by atoms with Gasteiger partial charge in [0.25, 0.3) is 0 Å². The third kappa shape index (κ3) is 9.95. The summed E-state index contributed by atoms with van der Waals surface area (Å²) in [4.78, 5) is 0. The molecule has 0 spiro atoms.